The molecule has 1 unspecified atom stereocenters. The number of aromatic nitrogens is 7. The molecule has 0 aliphatic carbocycles. The highest BCUT2D eigenvalue weighted by molar-refractivity contribution is 5.93. The summed E-state index contributed by atoms with van der Waals surface area (Å²) in [4.78, 5) is 7.09. The second-order valence-corrected chi connectivity index (χ2v) is 9.92. The summed E-state index contributed by atoms with van der Waals surface area (Å²) in [5.74, 6) is 1.31. The van der Waals surface area contributed by atoms with Crippen molar-refractivity contribution in [3.63, 3.8) is 0 Å². The van der Waals surface area contributed by atoms with Crippen LogP contribution < -0.4 is 9.47 Å². The molecule has 2 aliphatic heterocycles. The van der Waals surface area contributed by atoms with Gasteiger partial charge in [-0.25, -0.2) is 4.68 Å². The summed E-state index contributed by atoms with van der Waals surface area (Å²) in [6, 6.07) is 1.86. The van der Waals surface area contributed by atoms with Crippen LogP contribution in [-0.4, -0.2) is 77.7 Å². The lowest BCUT2D eigenvalue weighted by atomic mass is 10.1. The van der Waals surface area contributed by atoms with Gasteiger partial charge in [-0.05, 0) is 53.0 Å². The number of aromatic amines is 1. The van der Waals surface area contributed by atoms with Gasteiger partial charge in [0.2, 0.25) is 11.8 Å². The van der Waals surface area contributed by atoms with Crippen LogP contribution in [0, 0.1) is 13.8 Å². The third-order valence-electron chi connectivity index (χ3n) is 7.07. The van der Waals surface area contributed by atoms with E-state index in [1.807, 2.05) is 49.2 Å². The van der Waals surface area contributed by atoms with E-state index in [0.29, 0.717) is 32.1 Å². The Balaban J connectivity index is 1.57. The summed E-state index contributed by atoms with van der Waals surface area (Å²) in [6.07, 6.45) is 3.99. The van der Waals surface area contributed by atoms with Crippen molar-refractivity contribution in [1.29, 1.82) is 0 Å². The molecule has 194 valence electrons. The van der Waals surface area contributed by atoms with E-state index in [0.717, 1.165) is 56.4 Å². The average molecular weight is 505 g/mol. The standard InChI is InChI=1S/C26H32N8O3/c1-6-36-25-18-7-8-20-19-9-21(27-16(4)24(19)29-28-20)23-15(3)30-33-11-17(37-26(23)33)10-32(5)12-22(18)34(31-25)14(2)13-35/h7-9,14,17,35H,6,10-13H2,1-5H3,(H,28,29)/b8-7+/t14?,17-/m0/s1. The Bertz CT molecular complexity index is 1510. The number of ether oxygens (including phenoxy) is 2. The number of hydrogen-bond donors (Lipinski definition) is 2. The van der Waals surface area contributed by atoms with Crippen molar-refractivity contribution in [2.24, 2.45) is 0 Å². The number of pyridine rings is 1. The summed E-state index contributed by atoms with van der Waals surface area (Å²) >= 11 is 0. The summed E-state index contributed by atoms with van der Waals surface area (Å²) in [7, 11) is 2.07. The molecular weight excluding hydrogens is 472 g/mol. The van der Waals surface area contributed by atoms with Crippen molar-refractivity contribution in [3.05, 3.63) is 34.4 Å². The topological polar surface area (TPSA) is 119 Å². The zero-order valence-electron chi connectivity index (χ0n) is 21.8. The van der Waals surface area contributed by atoms with E-state index in [2.05, 4.69) is 28.2 Å². The predicted molar refractivity (Wildman–Crippen MR) is 139 cm³/mol. The Morgan fingerprint density at radius 1 is 1.22 bits per heavy atom. The summed E-state index contributed by atoms with van der Waals surface area (Å²) in [5, 5.41) is 28.2. The maximum Gasteiger partial charge on any atom is 0.240 e. The van der Waals surface area contributed by atoms with Gasteiger partial charge in [0.25, 0.3) is 0 Å². The fourth-order valence-electron chi connectivity index (χ4n) is 5.33. The second-order valence-electron chi connectivity index (χ2n) is 9.92. The van der Waals surface area contributed by atoms with Gasteiger partial charge in [0.15, 0.2) is 0 Å². The van der Waals surface area contributed by atoms with Crippen LogP contribution in [0.4, 0.5) is 0 Å². The van der Waals surface area contributed by atoms with E-state index in [9.17, 15) is 5.11 Å². The first-order valence-corrected chi connectivity index (χ1v) is 12.7. The molecule has 2 N–H and O–H groups in total. The van der Waals surface area contributed by atoms with Crippen LogP contribution in [0.5, 0.6) is 11.8 Å². The monoisotopic (exact) mass is 504 g/mol. The highest BCUT2D eigenvalue weighted by Gasteiger charge is 2.32. The van der Waals surface area contributed by atoms with Crippen molar-refractivity contribution < 1.29 is 14.6 Å². The van der Waals surface area contributed by atoms with Crippen LogP contribution >= 0.6 is 0 Å². The first-order chi connectivity index (χ1) is 17.9. The van der Waals surface area contributed by atoms with Crippen LogP contribution in [0.25, 0.3) is 34.3 Å². The second kappa shape index (κ2) is 9.00. The zero-order chi connectivity index (χ0) is 25.8. The Morgan fingerprint density at radius 3 is 2.84 bits per heavy atom. The molecule has 6 rings (SSSR count). The normalized spacial score (nSPS) is 18.9. The summed E-state index contributed by atoms with van der Waals surface area (Å²) in [5.41, 5.74) is 7.01. The van der Waals surface area contributed by atoms with Crippen LogP contribution in [0.1, 0.15) is 48.2 Å². The minimum atomic E-state index is -0.200. The highest BCUT2D eigenvalue weighted by Crippen LogP contribution is 2.39. The van der Waals surface area contributed by atoms with Gasteiger partial charge >= 0.3 is 0 Å². The number of nitrogens with zero attached hydrogens (tertiary/aromatic N) is 7. The Labute approximate surface area is 214 Å². The van der Waals surface area contributed by atoms with Gasteiger partial charge in [-0.1, -0.05) is 0 Å². The molecule has 0 saturated heterocycles. The molecule has 6 heterocycles. The van der Waals surface area contributed by atoms with E-state index in [4.69, 9.17) is 24.7 Å². The van der Waals surface area contributed by atoms with Crippen molar-refractivity contribution in [3.8, 4) is 23.0 Å². The molecule has 4 aromatic rings. The quantitative estimate of drug-likeness (QED) is 0.435. The predicted octanol–water partition coefficient (Wildman–Crippen LogP) is 2.96. The number of H-pyrrole nitrogens is 1. The van der Waals surface area contributed by atoms with E-state index < -0.39 is 0 Å². The number of likely N-dealkylation sites (N-methyl/N-ethyl adjacent to an activating group) is 1. The number of aliphatic hydroxyl groups is 1. The summed E-state index contributed by atoms with van der Waals surface area (Å²) in [6.45, 7) is 10.3. The van der Waals surface area contributed by atoms with Gasteiger partial charge in [-0.15, -0.1) is 5.10 Å². The van der Waals surface area contributed by atoms with E-state index in [1.165, 1.54) is 0 Å². The van der Waals surface area contributed by atoms with Gasteiger partial charge in [-0.3, -0.25) is 19.7 Å². The number of aryl methyl sites for hydroxylation is 2. The maximum absolute atomic E-state index is 9.95. The maximum atomic E-state index is 9.95. The minimum absolute atomic E-state index is 0.0255. The number of hydrogen-bond acceptors (Lipinski definition) is 8. The number of aliphatic hydroxyl groups excluding tert-OH is 1. The van der Waals surface area contributed by atoms with Crippen LogP contribution in [-0.2, 0) is 13.1 Å². The first kappa shape index (κ1) is 23.7. The third kappa shape index (κ3) is 3.89. The van der Waals surface area contributed by atoms with Crippen LogP contribution in [0.15, 0.2) is 6.07 Å². The molecule has 4 bridgehead atoms. The molecule has 37 heavy (non-hydrogen) atoms. The lowest BCUT2D eigenvalue weighted by Gasteiger charge is -2.22. The molecule has 0 fully saturated rings. The number of fused-ring (bicyclic) bond motifs is 4. The van der Waals surface area contributed by atoms with E-state index in [1.54, 1.807) is 0 Å². The van der Waals surface area contributed by atoms with E-state index in [-0.39, 0.29) is 18.8 Å². The first-order valence-electron chi connectivity index (χ1n) is 12.7. The SMILES string of the molecule is CCOc1nn(C(C)CO)c2c1/C=C/c1[nH]nc3c(C)nc(cc13)-c1c(C)nn3c1O[C@@H](CN(C)C2)C3. The Hall–Kier alpha value is -3.70. The molecule has 4 aromatic heterocycles. The average Bonchev–Trinajstić information content (AvgIpc) is 3.59. The fraction of sp³-hybridized carbons (Fsp3) is 0.462. The smallest absolute Gasteiger partial charge is 0.240 e. The minimum Gasteiger partial charge on any atom is -0.476 e. The van der Waals surface area contributed by atoms with Crippen molar-refractivity contribution in [2.45, 2.75) is 52.9 Å². The molecule has 0 saturated carbocycles. The summed E-state index contributed by atoms with van der Waals surface area (Å²) < 4.78 is 16.2. The van der Waals surface area contributed by atoms with Crippen molar-refractivity contribution in [2.75, 3.05) is 26.8 Å². The fourth-order valence-corrected chi connectivity index (χ4v) is 5.33. The van der Waals surface area contributed by atoms with Gasteiger partial charge in [0.05, 0.1) is 65.4 Å². The van der Waals surface area contributed by atoms with E-state index >= 15 is 0 Å². The van der Waals surface area contributed by atoms with Crippen molar-refractivity contribution >= 4 is 23.1 Å². The van der Waals surface area contributed by atoms with Crippen LogP contribution in [0.2, 0.25) is 0 Å². The van der Waals surface area contributed by atoms with Crippen molar-refractivity contribution in [1.82, 2.24) is 39.6 Å². The molecular formula is C26H32N8O3. The molecule has 2 aliphatic rings. The molecule has 2 atom stereocenters. The Morgan fingerprint density at radius 2 is 2.05 bits per heavy atom. The number of rotatable bonds is 4. The lowest BCUT2D eigenvalue weighted by molar-refractivity contribution is 0.159. The molecule has 0 aromatic carbocycles. The Kier molecular flexibility index (Phi) is 5.76. The molecule has 0 spiro atoms. The molecule has 11 nitrogen and oxygen atoms in total. The van der Waals surface area contributed by atoms with Gasteiger partial charge in [0.1, 0.15) is 11.6 Å². The van der Waals surface area contributed by atoms with Gasteiger partial charge < -0.3 is 14.6 Å². The number of nitrogens with one attached hydrogen (secondary N) is 1. The van der Waals surface area contributed by atoms with Crippen LogP contribution in [0.3, 0.4) is 0 Å². The van der Waals surface area contributed by atoms with Gasteiger partial charge in [-0.2, -0.15) is 10.2 Å². The molecule has 11 heteroatoms. The zero-order valence-corrected chi connectivity index (χ0v) is 21.8. The largest absolute Gasteiger partial charge is 0.476 e. The molecule has 0 radical (unpaired) electrons. The molecule has 0 amide bonds. The lowest BCUT2D eigenvalue weighted by Crippen LogP contribution is -2.33. The van der Waals surface area contributed by atoms with Gasteiger partial charge in [0, 0.05) is 18.5 Å². The third-order valence-corrected chi connectivity index (χ3v) is 7.07. The highest BCUT2D eigenvalue weighted by atomic mass is 16.5.